The van der Waals surface area contributed by atoms with E-state index in [4.69, 9.17) is 4.52 Å². The minimum Gasteiger partial charge on any atom is -0.360 e. The standard InChI is InChI=1S/C14H16F3N5O3S/c1-9-13(10(2)25-20-9)26(23,24)22-7-5-21(6-8-22)12-4-3-11(18-19-12)14(15,16)17/h3-4H,5-8H2,1-2H3. The molecule has 0 amide bonds. The van der Waals surface area contributed by atoms with E-state index in [1.807, 2.05) is 0 Å². The highest BCUT2D eigenvalue weighted by atomic mass is 32.2. The number of hydrogen-bond donors (Lipinski definition) is 0. The average Bonchev–Trinajstić information content (AvgIpc) is 2.93. The number of hydrogen-bond acceptors (Lipinski definition) is 7. The predicted molar refractivity (Wildman–Crippen MR) is 84.0 cm³/mol. The van der Waals surface area contributed by atoms with Crippen LogP contribution >= 0.6 is 0 Å². The molecule has 2 aromatic rings. The molecule has 142 valence electrons. The van der Waals surface area contributed by atoms with Gasteiger partial charge in [0.1, 0.15) is 10.6 Å². The van der Waals surface area contributed by atoms with E-state index in [0.717, 1.165) is 6.07 Å². The van der Waals surface area contributed by atoms with E-state index in [2.05, 4.69) is 15.4 Å². The lowest BCUT2D eigenvalue weighted by Gasteiger charge is -2.34. The van der Waals surface area contributed by atoms with Crippen LogP contribution in [-0.4, -0.2) is 54.3 Å². The molecule has 0 aromatic carbocycles. The Balaban J connectivity index is 1.71. The number of alkyl halides is 3. The highest BCUT2D eigenvalue weighted by molar-refractivity contribution is 7.89. The summed E-state index contributed by atoms with van der Waals surface area (Å²) in [5, 5.41) is 10.5. The Labute approximate surface area is 147 Å². The molecule has 0 atom stereocenters. The van der Waals surface area contributed by atoms with Gasteiger partial charge in [-0.15, -0.1) is 10.2 Å². The Hall–Kier alpha value is -2.21. The number of nitrogens with zero attached hydrogens (tertiary/aromatic N) is 5. The number of aromatic nitrogens is 3. The van der Waals surface area contributed by atoms with Crippen molar-refractivity contribution in [1.82, 2.24) is 19.7 Å². The van der Waals surface area contributed by atoms with Crippen molar-refractivity contribution >= 4 is 15.8 Å². The van der Waals surface area contributed by atoms with Gasteiger partial charge in [-0.1, -0.05) is 5.16 Å². The Kier molecular flexibility index (Phi) is 4.65. The molecular formula is C14H16F3N5O3S. The van der Waals surface area contributed by atoms with E-state index >= 15 is 0 Å². The second-order valence-corrected chi connectivity index (χ2v) is 7.69. The molecule has 0 spiro atoms. The third-order valence-corrected chi connectivity index (χ3v) is 6.21. The van der Waals surface area contributed by atoms with Crippen LogP contribution in [0, 0.1) is 13.8 Å². The lowest BCUT2D eigenvalue weighted by atomic mass is 10.3. The third-order valence-electron chi connectivity index (χ3n) is 4.07. The lowest BCUT2D eigenvalue weighted by Crippen LogP contribution is -2.49. The fraction of sp³-hybridized carbons (Fsp3) is 0.500. The van der Waals surface area contributed by atoms with E-state index in [1.165, 1.54) is 17.3 Å². The van der Waals surface area contributed by atoms with Gasteiger partial charge in [-0.05, 0) is 26.0 Å². The van der Waals surface area contributed by atoms with Crippen LogP contribution < -0.4 is 4.90 Å². The first-order valence-electron chi connectivity index (χ1n) is 7.69. The SMILES string of the molecule is Cc1noc(C)c1S(=O)(=O)N1CCN(c2ccc(C(F)(F)F)nn2)CC1. The number of aryl methyl sites for hydroxylation is 2. The maximum Gasteiger partial charge on any atom is 0.435 e. The van der Waals surface area contributed by atoms with Crippen LogP contribution in [0.1, 0.15) is 17.1 Å². The van der Waals surface area contributed by atoms with Crippen molar-refractivity contribution in [2.75, 3.05) is 31.1 Å². The molecular weight excluding hydrogens is 375 g/mol. The minimum atomic E-state index is -4.55. The largest absolute Gasteiger partial charge is 0.435 e. The first-order valence-corrected chi connectivity index (χ1v) is 9.13. The fourth-order valence-corrected chi connectivity index (χ4v) is 4.49. The molecule has 26 heavy (non-hydrogen) atoms. The molecule has 12 heteroatoms. The Bertz CT molecular complexity index is 868. The molecule has 1 aliphatic heterocycles. The number of sulfonamides is 1. The van der Waals surface area contributed by atoms with Crippen molar-refractivity contribution in [3.8, 4) is 0 Å². The summed E-state index contributed by atoms with van der Waals surface area (Å²) in [5.41, 5.74) is -0.778. The van der Waals surface area contributed by atoms with E-state index in [0.29, 0.717) is 5.69 Å². The maximum atomic E-state index is 12.7. The average molecular weight is 391 g/mol. The zero-order chi connectivity index (χ0) is 19.1. The van der Waals surface area contributed by atoms with E-state index in [-0.39, 0.29) is 42.7 Å². The fourth-order valence-electron chi connectivity index (χ4n) is 2.77. The summed E-state index contributed by atoms with van der Waals surface area (Å²) < 4.78 is 69.3. The van der Waals surface area contributed by atoms with Gasteiger partial charge in [0.25, 0.3) is 0 Å². The minimum absolute atomic E-state index is 0.0558. The molecule has 0 aliphatic carbocycles. The van der Waals surface area contributed by atoms with Gasteiger partial charge in [0, 0.05) is 26.2 Å². The monoisotopic (exact) mass is 391 g/mol. The number of anilines is 1. The first kappa shape index (κ1) is 18.6. The highest BCUT2D eigenvalue weighted by Gasteiger charge is 2.35. The van der Waals surface area contributed by atoms with Crippen LogP contribution in [0.2, 0.25) is 0 Å². The van der Waals surface area contributed by atoms with Crippen molar-refractivity contribution in [3.63, 3.8) is 0 Å². The van der Waals surface area contributed by atoms with Crippen molar-refractivity contribution in [3.05, 3.63) is 29.3 Å². The molecule has 1 fully saturated rings. The van der Waals surface area contributed by atoms with Crippen LogP contribution in [0.3, 0.4) is 0 Å². The molecule has 8 nitrogen and oxygen atoms in total. The first-order chi connectivity index (χ1) is 12.1. The van der Waals surface area contributed by atoms with Gasteiger partial charge in [0.2, 0.25) is 10.0 Å². The summed E-state index contributed by atoms with van der Waals surface area (Å²) in [6.07, 6.45) is -4.55. The quantitative estimate of drug-likeness (QED) is 0.785. The number of rotatable bonds is 3. The zero-order valence-electron chi connectivity index (χ0n) is 14.0. The summed E-state index contributed by atoms with van der Waals surface area (Å²) in [6, 6.07) is 2.09. The molecule has 0 bridgehead atoms. The topological polar surface area (TPSA) is 92.4 Å². The lowest BCUT2D eigenvalue weighted by molar-refractivity contribution is -0.141. The van der Waals surface area contributed by atoms with E-state index in [1.54, 1.807) is 11.8 Å². The molecule has 3 heterocycles. The van der Waals surface area contributed by atoms with Gasteiger partial charge >= 0.3 is 6.18 Å². The van der Waals surface area contributed by atoms with Crippen LogP contribution in [0.4, 0.5) is 19.0 Å². The molecule has 1 saturated heterocycles. The Morgan fingerprint density at radius 1 is 1.08 bits per heavy atom. The van der Waals surface area contributed by atoms with Gasteiger partial charge < -0.3 is 9.42 Å². The van der Waals surface area contributed by atoms with Gasteiger partial charge in [0.05, 0.1) is 0 Å². The summed E-state index contributed by atoms with van der Waals surface area (Å²) in [6.45, 7) is 3.97. The van der Waals surface area contributed by atoms with E-state index in [9.17, 15) is 21.6 Å². The second kappa shape index (κ2) is 6.50. The molecule has 1 aliphatic rings. The van der Waals surface area contributed by atoms with Crippen molar-refractivity contribution in [2.24, 2.45) is 0 Å². The van der Waals surface area contributed by atoms with Gasteiger partial charge in [0.15, 0.2) is 17.3 Å². The van der Waals surface area contributed by atoms with Gasteiger partial charge in [-0.25, -0.2) is 8.42 Å². The van der Waals surface area contributed by atoms with Gasteiger partial charge in [-0.2, -0.15) is 17.5 Å². The summed E-state index contributed by atoms with van der Waals surface area (Å²) in [7, 11) is -3.75. The predicted octanol–water partition coefficient (Wildman–Crippen LogP) is 1.61. The van der Waals surface area contributed by atoms with Crippen molar-refractivity contribution < 1.29 is 26.1 Å². The molecule has 0 radical (unpaired) electrons. The molecule has 0 N–H and O–H groups in total. The Morgan fingerprint density at radius 2 is 1.73 bits per heavy atom. The van der Waals surface area contributed by atoms with Crippen molar-refractivity contribution in [1.29, 1.82) is 0 Å². The van der Waals surface area contributed by atoms with Crippen LogP contribution in [0.15, 0.2) is 21.6 Å². The molecule has 0 unspecified atom stereocenters. The van der Waals surface area contributed by atoms with Gasteiger partial charge in [-0.3, -0.25) is 0 Å². The Morgan fingerprint density at radius 3 is 2.19 bits per heavy atom. The van der Waals surface area contributed by atoms with Crippen LogP contribution in [-0.2, 0) is 16.2 Å². The third kappa shape index (κ3) is 3.38. The van der Waals surface area contributed by atoms with Crippen molar-refractivity contribution in [2.45, 2.75) is 24.9 Å². The highest BCUT2D eigenvalue weighted by Crippen LogP contribution is 2.28. The second-order valence-electron chi connectivity index (χ2n) is 5.82. The summed E-state index contributed by atoms with van der Waals surface area (Å²) in [4.78, 5) is 1.74. The van der Waals surface area contributed by atoms with Crippen LogP contribution in [0.25, 0.3) is 0 Å². The summed E-state index contributed by atoms with van der Waals surface area (Å²) >= 11 is 0. The van der Waals surface area contributed by atoms with E-state index < -0.39 is 21.9 Å². The summed E-state index contributed by atoms with van der Waals surface area (Å²) in [5.74, 6) is 0.492. The maximum absolute atomic E-state index is 12.7. The smallest absolute Gasteiger partial charge is 0.360 e. The molecule has 3 rings (SSSR count). The number of halogens is 3. The molecule has 0 saturated carbocycles. The molecule has 2 aromatic heterocycles. The van der Waals surface area contributed by atoms with Crippen LogP contribution in [0.5, 0.6) is 0 Å². The normalized spacial score (nSPS) is 16.9. The zero-order valence-corrected chi connectivity index (χ0v) is 14.8. The number of piperazine rings is 1.